The number of benzene rings is 1. The monoisotopic (exact) mass is 506 g/mol. The Labute approximate surface area is 222 Å². The highest BCUT2D eigenvalue weighted by atomic mass is 16.5. The molecular formula is C31H42N2O4. The zero-order valence-corrected chi connectivity index (χ0v) is 24.0. The Balaban J connectivity index is 2.32. The van der Waals surface area contributed by atoms with Crippen molar-refractivity contribution in [1.82, 2.24) is 9.97 Å². The van der Waals surface area contributed by atoms with Crippen LogP contribution in [0, 0.1) is 10.8 Å². The van der Waals surface area contributed by atoms with Crippen molar-refractivity contribution in [2.45, 2.75) is 59.4 Å². The molecule has 0 fully saturated rings. The Bertz CT molecular complexity index is 1100. The molecule has 0 N–H and O–H groups in total. The van der Waals surface area contributed by atoms with Gasteiger partial charge in [0.1, 0.15) is 18.0 Å². The minimum absolute atomic E-state index is 0.146. The van der Waals surface area contributed by atoms with Gasteiger partial charge in [-0.25, -0.2) is 0 Å². The van der Waals surface area contributed by atoms with Gasteiger partial charge >= 0.3 is 0 Å². The van der Waals surface area contributed by atoms with Crippen LogP contribution in [0.1, 0.15) is 82.1 Å². The molecule has 0 bridgehead atoms. The van der Waals surface area contributed by atoms with E-state index in [9.17, 15) is 0 Å². The van der Waals surface area contributed by atoms with E-state index in [1.54, 1.807) is 28.4 Å². The predicted octanol–water partition coefficient (Wildman–Crippen LogP) is 6.89. The maximum atomic E-state index is 6.43. The molecule has 6 heteroatoms. The van der Waals surface area contributed by atoms with Crippen molar-refractivity contribution in [3.63, 3.8) is 0 Å². The van der Waals surface area contributed by atoms with Gasteiger partial charge in [0, 0.05) is 21.3 Å². The van der Waals surface area contributed by atoms with Crippen molar-refractivity contribution in [3.05, 3.63) is 89.0 Å². The van der Waals surface area contributed by atoms with Crippen LogP contribution in [-0.2, 0) is 19.8 Å². The number of hydrogen-bond donors (Lipinski definition) is 0. The fourth-order valence-electron chi connectivity index (χ4n) is 5.00. The van der Waals surface area contributed by atoms with Crippen LogP contribution in [0.5, 0.6) is 5.75 Å². The highest BCUT2D eigenvalue weighted by Crippen LogP contribution is 2.42. The molecule has 0 spiro atoms. The predicted molar refractivity (Wildman–Crippen MR) is 147 cm³/mol. The van der Waals surface area contributed by atoms with Crippen LogP contribution in [0.4, 0.5) is 0 Å². The molecule has 200 valence electrons. The SMILES string of the molecule is COc1ccc(C(OC)(c2cccc([C@@H](OC)C(C)(C)C)n2)c2cccc([C@@H](OC)C(C)(C)C)n2)cc1. The Morgan fingerprint density at radius 1 is 0.595 bits per heavy atom. The number of methoxy groups -OCH3 is 4. The molecule has 0 unspecified atom stereocenters. The summed E-state index contributed by atoms with van der Waals surface area (Å²) < 4.78 is 23.6. The fourth-order valence-corrected chi connectivity index (χ4v) is 5.00. The van der Waals surface area contributed by atoms with Crippen molar-refractivity contribution in [2.24, 2.45) is 10.8 Å². The Morgan fingerprint density at radius 3 is 1.35 bits per heavy atom. The molecule has 0 aliphatic carbocycles. The van der Waals surface area contributed by atoms with Crippen LogP contribution >= 0.6 is 0 Å². The standard InChI is InChI=1S/C31H42N2O4/c1-29(2,3)27(35-8)23-13-11-15-25(32-23)31(37-10,21-17-19-22(34-7)20-18-21)26-16-12-14-24(33-26)28(36-9)30(4,5)6/h11-20,27-28H,1-10H3/t27-,28-/m1/s1. The van der Waals surface area contributed by atoms with Gasteiger partial charge in [-0.3, -0.25) is 9.97 Å². The smallest absolute Gasteiger partial charge is 0.176 e. The first kappa shape index (κ1) is 28.8. The zero-order chi connectivity index (χ0) is 27.4. The first-order valence-electron chi connectivity index (χ1n) is 12.6. The van der Waals surface area contributed by atoms with Crippen molar-refractivity contribution in [1.29, 1.82) is 0 Å². The van der Waals surface area contributed by atoms with Crippen LogP contribution in [0.25, 0.3) is 0 Å². The molecule has 0 aliphatic rings. The van der Waals surface area contributed by atoms with E-state index in [1.165, 1.54) is 0 Å². The van der Waals surface area contributed by atoms with Crippen molar-refractivity contribution in [2.75, 3.05) is 28.4 Å². The average Bonchev–Trinajstić information content (AvgIpc) is 2.85. The molecule has 0 saturated carbocycles. The van der Waals surface area contributed by atoms with E-state index in [0.29, 0.717) is 0 Å². The van der Waals surface area contributed by atoms with Crippen molar-refractivity contribution >= 4 is 0 Å². The fraction of sp³-hybridized carbons (Fsp3) is 0.484. The van der Waals surface area contributed by atoms with Crippen LogP contribution in [0.3, 0.4) is 0 Å². The number of rotatable bonds is 9. The van der Waals surface area contributed by atoms with E-state index in [4.69, 9.17) is 28.9 Å². The lowest BCUT2D eigenvalue weighted by atomic mass is 9.83. The molecule has 0 radical (unpaired) electrons. The van der Waals surface area contributed by atoms with Crippen molar-refractivity contribution in [3.8, 4) is 5.75 Å². The second kappa shape index (κ2) is 11.3. The summed E-state index contributed by atoms with van der Waals surface area (Å²) in [6.07, 6.45) is -0.396. The van der Waals surface area contributed by atoms with Gasteiger partial charge in [-0.15, -0.1) is 0 Å². The largest absolute Gasteiger partial charge is 0.497 e. The Hall–Kier alpha value is -2.80. The lowest BCUT2D eigenvalue weighted by Crippen LogP contribution is -2.35. The molecule has 2 aromatic heterocycles. The summed E-state index contributed by atoms with van der Waals surface area (Å²) in [5, 5.41) is 0. The number of aromatic nitrogens is 2. The van der Waals surface area contributed by atoms with Gasteiger partial charge in [0.2, 0.25) is 0 Å². The summed E-state index contributed by atoms with van der Waals surface area (Å²) in [4.78, 5) is 10.3. The van der Waals surface area contributed by atoms with Crippen LogP contribution in [-0.4, -0.2) is 38.4 Å². The van der Waals surface area contributed by atoms with Gasteiger partial charge in [-0.1, -0.05) is 65.8 Å². The highest BCUT2D eigenvalue weighted by Gasteiger charge is 2.41. The minimum atomic E-state index is -1.08. The summed E-state index contributed by atoms with van der Waals surface area (Å²) in [5.41, 5.74) is 2.63. The molecule has 2 atom stereocenters. The number of nitrogens with zero attached hydrogens (tertiary/aromatic N) is 2. The third-order valence-corrected chi connectivity index (χ3v) is 6.65. The molecule has 1 aromatic carbocycles. The van der Waals surface area contributed by atoms with E-state index >= 15 is 0 Å². The van der Waals surface area contributed by atoms with Gasteiger partial charge in [0.25, 0.3) is 0 Å². The quantitative estimate of drug-likeness (QED) is 0.315. The van der Waals surface area contributed by atoms with E-state index < -0.39 is 5.60 Å². The third kappa shape index (κ3) is 5.87. The summed E-state index contributed by atoms with van der Waals surface area (Å²) in [6, 6.07) is 19.8. The molecule has 0 aliphatic heterocycles. The topological polar surface area (TPSA) is 62.7 Å². The second-order valence-corrected chi connectivity index (χ2v) is 11.5. The van der Waals surface area contributed by atoms with Crippen LogP contribution in [0.2, 0.25) is 0 Å². The maximum Gasteiger partial charge on any atom is 0.176 e. The molecule has 3 rings (SSSR count). The molecule has 2 heterocycles. The van der Waals surface area contributed by atoms with Crippen molar-refractivity contribution < 1.29 is 18.9 Å². The maximum absolute atomic E-state index is 6.43. The van der Waals surface area contributed by atoms with Gasteiger partial charge in [0.05, 0.1) is 29.9 Å². The van der Waals surface area contributed by atoms with Gasteiger partial charge in [0.15, 0.2) is 5.60 Å². The van der Waals surface area contributed by atoms with E-state index in [0.717, 1.165) is 34.1 Å². The van der Waals surface area contributed by atoms with Gasteiger partial charge in [-0.2, -0.15) is 0 Å². The Kier molecular flexibility index (Phi) is 8.78. The van der Waals surface area contributed by atoms with E-state index in [1.807, 2.05) is 60.7 Å². The van der Waals surface area contributed by atoms with Gasteiger partial charge < -0.3 is 18.9 Å². The molecule has 3 aromatic rings. The number of ether oxygens (including phenoxy) is 4. The van der Waals surface area contributed by atoms with Crippen LogP contribution < -0.4 is 4.74 Å². The molecular weight excluding hydrogens is 464 g/mol. The average molecular weight is 507 g/mol. The van der Waals surface area contributed by atoms with Crippen LogP contribution in [0.15, 0.2) is 60.7 Å². The third-order valence-electron chi connectivity index (χ3n) is 6.65. The minimum Gasteiger partial charge on any atom is -0.497 e. The lowest BCUT2D eigenvalue weighted by molar-refractivity contribution is 0.00849. The summed E-state index contributed by atoms with van der Waals surface area (Å²) >= 11 is 0. The molecule has 37 heavy (non-hydrogen) atoms. The highest BCUT2D eigenvalue weighted by molar-refractivity contribution is 5.45. The summed E-state index contributed by atoms with van der Waals surface area (Å²) in [6.45, 7) is 12.9. The Morgan fingerprint density at radius 2 is 1.03 bits per heavy atom. The summed E-state index contributed by atoms with van der Waals surface area (Å²) in [5.74, 6) is 0.761. The molecule has 0 amide bonds. The lowest BCUT2D eigenvalue weighted by Gasteiger charge is -2.35. The second-order valence-electron chi connectivity index (χ2n) is 11.5. The number of pyridine rings is 2. The number of hydrogen-bond acceptors (Lipinski definition) is 6. The molecule has 0 saturated heterocycles. The summed E-state index contributed by atoms with van der Waals surface area (Å²) in [7, 11) is 6.80. The first-order valence-corrected chi connectivity index (χ1v) is 12.6. The van der Waals surface area contributed by atoms with Gasteiger partial charge in [-0.05, 0) is 52.8 Å². The molecule has 6 nitrogen and oxygen atoms in total. The normalized spacial score (nSPS) is 14.3. The van der Waals surface area contributed by atoms with E-state index in [-0.39, 0.29) is 23.0 Å². The zero-order valence-electron chi connectivity index (χ0n) is 24.0. The van der Waals surface area contributed by atoms with E-state index in [2.05, 4.69) is 41.5 Å². The first-order chi connectivity index (χ1) is 17.4.